The maximum atomic E-state index is 12.0. The topological polar surface area (TPSA) is 101 Å². The number of sulfone groups is 1. The van der Waals surface area contributed by atoms with Crippen molar-refractivity contribution in [2.45, 2.75) is 17.9 Å². The van der Waals surface area contributed by atoms with Gasteiger partial charge in [-0.05, 0) is 25.1 Å². The Morgan fingerprint density at radius 3 is 2.74 bits per heavy atom. The molecule has 2 atom stereocenters. The lowest BCUT2D eigenvalue weighted by molar-refractivity contribution is 0.597. The second-order valence-corrected chi connectivity index (χ2v) is 7.98. The predicted octanol–water partition coefficient (Wildman–Crippen LogP) is 0.428. The van der Waals surface area contributed by atoms with Gasteiger partial charge >= 0.3 is 0 Å². The van der Waals surface area contributed by atoms with Crippen molar-refractivity contribution in [3.05, 3.63) is 29.8 Å². The Kier molecular flexibility index (Phi) is 5.66. The zero-order chi connectivity index (χ0) is 14.5. The molecule has 0 heterocycles. The van der Waals surface area contributed by atoms with Crippen molar-refractivity contribution in [1.82, 2.24) is 0 Å². The third-order valence-electron chi connectivity index (χ3n) is 2.35. The lowest BCUT2D eigenvalue weighted by Gasteiger charge is -2.06. The molecule has 104 valence electrons. The van der Waals surface area contributed by atoms with Gasteiger partial charge in [0.15, 0.2) is 9.84 Å². The van der Waals surface area contributed by atoms with Crippen LogP contribution in [-0.4, -0.2) is 35.9 Å². The molecule has 0 spiro atoms. The van der Waals surface area contributed by atoms with Gasteiger partial charge in [0.2, 0.25) is 0 Å². The Bertz CT molecular complexity index is 604. The monoisotopic (exact) mass is 300 g/mol. The standard InChI is InChI=1S/C12H16N2O3S2/c1-10(14)9-18(15)5-6-19(16,17)12-4-2-3-11(7-12)8-13/h2-4,7,10H,5-6,9,14H2,1H3. The van der Waals surface area contributed by atoms with Crippen LogP contribution in [0.1, 0.15) is 12.5 Å². The van der Waals surface area contributed by atoms with E-state index in [1.165, 1.54) is 24.3 Å². The van der Waals surface area contributed by atoms with Crippen molar-refractivity contribution >= 4 is 20.6 Å². The molecule has 0 aromatic heterocycles. The second kappa shape index (κ2) is 6.80. The third kappa shape index (κ3) is 5.11. The van der Waals surface area contributed by atoms with Gasteiger partial charge in [-0.3, -0.25) is 4.21 Å². The zero-order valence-electron chi connectivity index (χ0n) is 10.6. The molecule has 0 saturated heterocycles. The lowest BCUT2D eigenvalue weighted by atomic mass is 10.2. The van der Waals surface area contributed by atoms with E-state index in [1.807, 2.05) is 6.07 Å². The largest absolute Gasteiger partial charge is 0.327 e. The van der Waals surface area contributed by atoms with Crippen LogP contribution in [0.25, 0.3) is 0 Å². The van der Waals surface area contributed by atoms with Crippen molar-refractivity contribution in [1.29, 1.82) is 5.26 Å². The molecule has 19 heavy (non-hydrogen) atoms. The zero-order valence-corrected chi connectivity index (χ0v) is 12.2. The van der Waals surface area contributed by atoms with E-state index < -0.39 is 20.6 Å². The molecule has 1 rings (SSSR count). The molecule has 0 amide bonds. The number of hydrogen-bond donors (Lipinski definition) is 1. The van der Waals surface area contributed by atoms with Crippen LogP contribution in [0.4, 0.5) is 0 Å². The van der Waals surface area contributed by atoms with Gasteiger partial charge in [0, 0.05) is 28.3 Å². The maximum absolute atomic E-state index is 12.0. The highest BCUT2D eigenvalue weighted by molar-refractivity contribution is 7.93. The molecule has 0 fully saturated rings. The molecule has 0 radical (unpaired) electrons. The van der Waals surface area contributed by atoms with Crippen LogP contribution in [-0.2, 0) is 20.6 Å². The van der Waals surface area contributed by atoms with Gasteiger partial charge < -0.3 is 5.73 Å². The van der Waals surface area contributed by atoms with Gasteiger partial charge in [0.25, 0.3) is 0 Å². The first-order chi connectivity index (χ1) is 8.85. The number of nitrogens with two attached hydrogens (primary N) is 1. The minimum absolute atomic E-state index is 0.0562. The fourth-order valence-corrected chi connectivity index (χ4v) is 4.66. The normalized spacial score (nSPS) is 14.6. The quantitative estimate of drug-likeness (QED) is 0.821. The highest BCUT2D eigenvalue weighted by Crippen LogP contribution is 2.13. The second-order valence-electron chi connectivity index (χ2n) is 4.25. The molecule has 0 aliphatic heterocycles. The summed E-state index contributed by atoms with van der Waals surface area (Å²) in [6.07, 6.45) is 0. The van der Waals surface area contributed by atoms with Crippen molar-refractivity contribution < 1.29 is 12.6 Å². The number of hydrogen-bond acceptors (Lipinski definition) is 5. The van der Waals surface area contributed by atoms with Crippen LogP contribution in [0.15, 0.2) is 29.2 Å². The van der Waals surface area contributed by atoms with E-state index in [-0.39, 0.29) is 33.8 Å². The first-order valence-corrected chi connectivity index (χ1v) is 8.82. The van der Waals surface area contributed by atoms with Crippen LogP contribution in [0.5, 0.6) is 0 Å². The minimum Gasteiger partial charge on any atom is -0.327 e. The summed E-state index contributed by atoms with van der Waals surface area (Å²) in [5, 5.41) is 8.74. The summed E-state index contributed by atoms with van der Waals surface area (Å²) in [4.78, 5) is 0.0874. The first-order valence-electron chi connectivity index (χ1n) is 5.68. The molecule has 2 unspecified atom stereocenters. The Morgan fingerprint density at radius 1 is 1.47 bits per heavy atom. The van der Waals surface area contributed by atoms with E-state index in [0.29, 0.717) is 0 Å². The summed E-state index contributed by atoms with van der Waals surface area (Å²) in [5.74, 6) is 0.135. The molecule has 0 bridgehead atoms. The summed E-state index contributed by atoms with van der Waals surface area (Å²) in [7, 11) is -4.76. The summed E-state index contributed by atoms with van der Waals surface area (Å²) in [6.45, 7) is 1.72. The Labute approximate surface area is 115 Å². The first kappa shape index (κ1) is 15.8. The van der Waals surface area contributed by atoms with Crippen LogP contribution in [0.2, 0.25) is 0 Å². The molecule has 5 nitrogen and oxygen atoms in total. The van der Waals surface area contributed by atoms with E-state index >= 15 is 0 Å². The van der Waals surface area contributed by atoms with Crippen molar-refractivity contribution in [2.75, 3.05) is 17.3 Å². The third-order valence-corrected chi connectivity index (χ3v) is 5.88. The van der Waals surface area contributed by atoms with E-state index in [4.69, 9.17) is 11.0 Å². The average molecular weight is 300 g/mol. The Morgan fingerprint density at radius 2 is 2.16 bits per heavy atom. The molecule has 1 aromatic rings. The maximum Gasteiger partial charge on any atom is 0.179 e. The molecule has 2 N–H and O–H groups in total. The highest BCUT2D eigenvalue weighted by Gasteiger charge is 2.16. The summed E-state index contributed by atoms with van der Waals surface area (Å²) in [6, 6.07) is 7.48. The van der Waals surface area contributed by atoms with Gasteiger partial charge in [-0.2, -0.15) is 5.26 Å². The minimum atomic E-state index is -3.51. The number of nitrogens with zero attached hydrogens (tertiary/aromatic N) is 1. The molecule has 0 aliphatic rings. The smallest absolute Gasteiger partial charge is 0.179 e. The number of nitriles is 1. The van der Waals surface area contributed by atoms with Crippen LogP contribution in [0.3, 0.4) is 0 Å². The summed E-state index contributed by atoms with van der Waals surface area (Å²) < 4.78 is 35.6. The van der Waals surface area contributed by atoms with Crippen LogP contribution in [0, 0.1) is 11.3 Å². The molecule has 0 aliphatic carbocycles. The van der Waals surface area contributed by atoms with E-state index in [9.17, 15) is 12.6 Å². The van der Waals surface area contributed by atoms with E-state index in [1.54, 1.807) is 6.92 Å². The van der Waals surface area contributed by atoms with Gasteiger partial charge in [0.05, 0.1) is 22.3 Å². The Balaban J connectivity index is 2.76. The lowest BCUT2D eigenvalue weighted by Crippen LogP contribution is -2.26. The van der Waals surface area contributed by atoms with Crippen LogP contribution < -0.4 is 5.73 Å². The van der Waals surface area contributed by atoms with Gasteiger partial charge in [-0.25, -0.2) is 8.42 Å². The van der Waals surface area contributed by atoms with Crippen molar-refractivity contribution in [3.8, 4) is 6.07 Å². The van der Waals surface area contributed by atoms with Crippen molar-refractivity contribution in [3.63, 3.8) is 0 Å². The number of rotatable bonds is 6. The highest BCUT2D eigenvalue weighted by atomic mass is 32.2. The molecule has 0 saturated carbocycles. The van der Waals surface area contributed by atoms with Crippen LogP contribution >= 0.6 is 0 Å². The van der Waals surface area contributed by atoms with Crippen molar-refractivity contribution in [2.24, 2.45) is 5.73 Å². The van der Waals surface area contributed by atoms with Gasteiger partial charge in [-0.15, -0.1) is 0 Å². The van der Waals surface area contributed by atoms with Gasteiger partial charge in [0.1, 0.15) is 0 Å². The summed E-state index contributed by atoms with van der Waals surface area (Å²) in [5.41, 5.74) is 5.79. The fraction of sp³-hybridized carbons (Fsp3) is 0.417. The Hall–Kier alpha value is -1.23. The van der Waals surface area contributed by atoms with E-state index in [2.05, 4.69) is 0 Å². The molecular weight excluding hydrogens is 284 g/mol. The molecule has 7 heteroatoms. The van der Waals surface area contributed by atoms with E-state index in [0.717, 1.165) is 0 Å². The van der Waals surface area contributed by atoms with Gasteiger partial charge in [-0.1, -0.05) is 6.07 Å². The number of benzene rings is 1. The average Bonchev–Trinajstić information content (AvgIpc) is 2.36. The predicted molar refractivity (Wildman–Crippen MR) is 74.7 cm³/mol. The molecular formula is C12H16N2O3S2. The molecule has 1 aromatic carbocycles. The summed E-state index contributed by atoms with van der Waals surface area (Å²) >= 11 is 0. The fourth-order valence-electron chi connectivity index (χ4n) is 1.46. The SMILES string of the molecule is CC(N)CS(=O)CCS(=O)(=O)c1cccc(C#N)c1.